The normalized spacial score (nSPS) is 14.7. The van der Waals surface area contributed by atoms with Gasteiger partial charge in [0.15, 0.2) is 0 Å². The third-order valence-corrected chi connectivity index (χ3v) is 12.9. The molecule has 2 aromatic heterocycles. The van der Waals surface area contributed by atoms with Crippen molar-refractivity contribution >= 4 is 44.6 Å². The first kappa shape index (κ1) is 34.4. The van der Waals surface area contributed by atoms with E-state index in [1.54, 1.807) is 34.9 Å². The molecular weight excluding hydrogens is 865 g/mol. The standard InChI is InChI=1S/C66H64N4O/c1-43-36-62(67-42-57(43)45-30-32-47(33-31-45)64(2,3)4)70-60-29-17-14-24-55(60)56-35-34-52(41-61(56)70)71-51-23-18-22-50(40-51)68-58-27-15-16-28-59(58)69-63-53(44-20-12-11-13-21-44)25-19-26-54(63)46-37-48(65(5,6)7)39-49(38-46)66(8,9)10/h11-42,68-69H,1-10H3/i1D3,11D,12D,13D,14D,17D,20D,21D,24D,29D. The Bertz CT molecular complexity index is 4160. The number of fused-ring (bicyclic) bond motifs is 3. The maximum absolute atomic E-state index is 9.17. The number of rotatable bonds is 10. The molecule has 5 heteroatoms. The minimum Gasteiger partial charge on any atom is -0.457 e. The molecule has 0 radical (unpaired) electrons. The molecule has 5 nitrogen and oxygen atoms in total. The number of nitrogens with zero attached hydrogens (tertiary/aromatic N) is 2. The highest BCUT2D eigenvalue weighted by molar-refractivity contribution is 6.09. The van der Waals surface area contributed by atoms with Gasteiger partial charge in [0.1, 0.15) is 17.3 Å². The zero-order chi connectivity index (χ0) is 60.0. The maximum Gasteiger partial charge on any atom is 0.137 e. The van der Waals surface area contributed by atoms with Crippen molar-refractivity contribution < 1.29 is 21.2 Å². The van der Waals surface area contributed by atoms with Crippen LogP contribution in [0.2, 0.25) is 0 Å². The molecule has 0 spiro atoms. The number of ether oxygens (including phenoxy) is 1. The molecule has 0 unspecified atom stereocenters. The molecule has 0 fully saturated rings. The summed E-state index contributed by atoms with van der Waals surface area (Å²) < 4.78 is 114. The lowest BCUT2D eigenvalue weighted by atomic mass is 9.78. The molecule has 0 aliphatic carbocycles. The van der Waals surface area contributed by atoms with Crippen molar-refractivity contribution in [3.8, 4) is 50.7 Å². The number of nitrogens with one attached hydrogen (secondary N) is 2. The van der Waals surface area contributed by atoms with E-state index in [4.69, 9.17) is 26.2 Å². The van der Waals surface area contributed by atoms with Crippen LogP contribution < -0.4 is 15.4 Å². The summed E-state index contributed by atoms with van der Waals surface area (Å²) in [5.41, 5.74) is 8.97. The summed E-state index contributed by atoms with van der Waals surface area (Å²) in [6, 6.07) is 38.0. The number of benzene rings is 8. The molecule has 0 saturated carbocycles. The van der Waals surface area contributed by atoms with Gasteiger partial charge >= 0.3 is 0 Å². The maximum atomic E-state index is 9.17. The Kier molecular flexibility index (Phi) is 8.94. The van der Waals surface area contributed by atoms with Crippen molar-refractivity contribution in [2.24, 2.45) is 0 Å². The number of hydrogen-bond acceptors (Lipinski definition) is 4. The fourth-order valence-corrected chi connectivity index (χ4v) is 8.88. The second-order valence-electron chi connectivity index (χ2n) is 21.1. The lowest BCUT2D eigenvalue weighted by Gasteiger charge is -2.27. The van der Waals surface area contributed by atoms with Gasteiger partial charge in [0.2, 0.25) is 0 Å². The lowest BCUT2D eigenvalue weighted by molar-refractivity contribution is 0.483. The summed E-state index contributed by atoms with van der Waals surface area (Å²) in [6.07, 6.45) is 1.51. The van der Waals surface area contributed by atoms with Gasteiger partial charge in [0, 0.05) is 55.6 Å². The van der Waals surface area contributed by atoms with Crippen molar-refractivity contribution in [3.05, 3.63) is 216 Å². The van der Waals surface area contributed by atoms with Gasteiger partial charge in [-0.05, 0) is 111 Å². The number of aryl methyl sites for hydroxylation is 1. The van der Waals surface area contributed by atoms with E-state index in [1.165, 1.54) is 12.3 Å². The van der Waals surface area contributed by atoms with Crippen LogP contribution in [0.5, 0.6) is 11.5 Å². The molecule has 0 aliphatic rings. The molecule has 0 saturated heterocycles. The molecule has 10 rings (SSSR count). The zero-order valence-corrected chi connectivity index (χ0v) is 41.6. The van der Waals surface area contributed by atoms with Gasteiger partial charge in [-0.2, -0.15) is 0 Å². The molecule has 354 valence electrons. The minimum atomic E-state index is -2.59. The largest absolute Gasteiger partial charge is 0.457 e. The third-order valence-electron chi connectivity index (χ3n) is 12.9. The molecule has 2 heterocycles. The van der Waals surface area contributed by atoms with Crippen LogP contribution in [0.15, 0.2) is 194 Å². The summed E-state index contributed by atoms with van der Waals surface area (Å²) >= 11 is 0. The average molecular weight is 941 g/mol. The first-order valence-electron chi connectivity index (χ1n) is 29.9. The predicted molar refractivity (Wildman–Crippen MR) is 302 cm³/mol. The Morgan fingerprint density at radius 2 is 1.13 bits per heavy atom. The molecule has 8 aromatic carbocycles. The van der Waals surface area contributed by atoms with Gasteiger partial charge in [-0.3, -0.25) is 4.57 Å². The SMILES string of the molecule is [2H]c1c([2H])c([2H])c(-c2cccc(-c3cc(C(C)(C)C)cc(C(C)(C)C)c3)c2Nc2ccccc2Nc2cccc(Oc3ccc4c5c([2H])c([2H])c([2H])c([2H])c5n(-c5cc(C([2H])([2H])[2H])c(-c6ccc(C(C)(C)C)cc6)cn5)c4c3)c2)c([2H])c1[2H]. The van der Waals surface area contributed by atoms with E-state index in [2.05, 4.69) is 91.1 Å². The van der Waals surface area contributed by atoms with Crippen molar-refractivity contribution in [1.82, 2.24) is 9.55 Å². The van der Waals surface area contributed by atoms with E-state index in [-0.39, 0.29) is 68.3 Å². The summed E-state index contributed by atoms with van der Waals surface area (Å²) in [5.74, 6) is 0.922. The van der Waals surface area contributed by atoms with E-state index < -0.39 is 37.1 Å². The molecule has 2 N–H and O–H groups in total. The predicted octanol–water partition coefficient (Wildman–Crippen LogP) is 18.7. The summed E-state index contributed by atoms with van der Waals surface area (Å²) in [7, 11) is 0. The quantitative estimate of drug-likeness (QED) is 0.143. The summed E-state index contributed by atoms with van der Waals surface area (Å²) in [4.78, 5) is 4.81. The first-order chi connectivity index (χ1) is 38.9. The molecule has 10 aromatic rings. The van der Waals surface area contributed by atoms with Gasteiger partial charge in [-0.25, -0.2) is 4.98 Å². The molecule has 71 heavy (non-hydrogen) atoms. The molecule has 0 aliphatic heterocycles. The smallest absolute Gasteiger partial charge is 0.137 e. The number of para-hydroxylation sites is 4. The fourth-order valence-electron chi connectivity index (χ4n) is 8.88. The Morgan fingerprint density at radius 1 is 0.493 bits per heavy atom. The third kappa shape index (κ3) is 9.70. The Labute approximate surface area is 437 Å². The highest BCUT2D eigenvalue weighted by Crippen LogP contribution is 2.44. The monoisotopic (exact) mass is 941 g/mol. The van der Waals surface area contributed by atoms with Crippen LogP contribution in [0, 0.1) is 6.85 Å². The van der Waals surface area contributed by atoms with E-state index in [0.717, 1.165) is 27.8 Å². The van der Waals surface area contributed by atoms with E-state index in [0.29, 0.717) is 61.8 Å². The second kappa shape index (κ2) is 18.5. The second-order valence-corrected chi connectivity index (χ2v) is 21.1. The first-order valence-corrected chi connectivity index (χ1v) is 23.9. The number of pyridine rings is 1. The number of hydrogen-bond donors (Lipinski definition) is 2. The van der Waals surface area contributed by atoms with Gasteiger partial charge < -0.3 is 15.4 Å². The van der Waals surface area contributed by atoms with Crippen LogP contribution in [0.3, 0.4) is 0 Å². The van der Waals surface area contributed by atoms with Gasteiger partial charge in [-0.15, -0.1) is 0 Å². The Balaban J connectivity index is 1.05. The van der Waals surface area contributed by atoms with Crippen LogP contribution in [0.25, 0.3) is 61.0 Å². The van der Waals surface area contributed by atoms with Crippen LogP contribution in [0.1, 0.15) is 101 Å². The molecular formula is C66H64N4O. The summed E-state index contributed by atoms with van der Waals surface area (Å²) in [5, 5.41) is 7.95. The highest BCUT2D eigenvalue weighted by atomic mass is 16.5. The van der Waals surface area contributed by atoms with Gasteiger partial charge in [0.05, 0.1) is 40.4 Å². The topological polar surface area (TPSA) is 51.1 Å². The molecule has 0 bridgehead atoms. The number of aromatic nitrogens is 2. The van der Waals surface area contributed by atoms with E-state index in [1.807, 2.05) is 78.9 Å². The van der Waals surface area contributed by atoms with Crippen molar-refractivity contribution in [3.63, 3.8) is 0 Å². The van der Waals surface area contributed by atoms with E-state index >= 15 is 0 Å². The average Bonchev–Trinajstić information content (AvgIpc) is 4.00. The van der Waals surface area contributed by atoms with Gasteiger partial charge in [0.25, 0.3) is 0 Å². The fraction of sp³-hybridized carbons (Fsp3) is 0.197. The lowest BCUT2D eigenvalue weighted by Crippen LogP contribution is -2.16. The number of anilines is 4. The Hall–Kier alpha value is -7.89. The van der Waals surface area contributed by atoms with Gasteiger partial charge in [-0.1, -0.05) is 190 Å². The van der Waals surface area contributed by atoms with Crippen molar-refractivity contribution in [2.75, 3.05) is 10.6 Å². The van der Waals surface area contributed by atoms with Crippen LogP contribution in [-0.2, 0) is 16.2 Å². The van der Waals surface area contributed by atoms with Crippen LogP contribution in [-0.4, -0.2) is 9.55 Å². The molecule has 0 atom stereocenters. The van der Waals surface area contributed by atoms with E-state index in [9.17, 15) is 0 Å². The summed E-state index contributed by atoms with van der Waals surface area (Å²) in [6.45, 7) is 16.7. The highest BCUT2D eigenvalue weighted by Gasteiger charge is 2.24. The van der Waals surface area contributed by atoms with Crippen molar-refractivity contribution in [2.45, 2.75) is 85.4 Å². The minimum absolute atomic E-state index is 0.0228. The van der Waals surface area contributed by atoms with Crippen LogP contribution >= 0.6 is 0 Å². The molecule has 0 amide bonds. The zero-order valence-electron chi connectivity index (χ0n) is 53.6. The van der Waals surface area contributed by atoms with Crippen molar-refractivity contribution in [1.29, 1.82) is 0 Å². The van der Waals surface area contributed by atoms with Crippen LogP contribution in [0.4, 0.5) is 22.7 Å². The Morgan fingerprint density at radius 3 is 1.82 bits per heavy atom.